The van der Waals surface area contributed by atoms with Gasteiger partial charge in [0.15, 0.2) is 0 Å². The molecule has 3 fully saturated rings. The highest BCUT2D eigenvalue weighted by Gasteiger charge is 2.63. The standard InChI is InChI=1S/C11H16N2O2/c1-7-9(2-3-14)10(15)13(12-7)11-4-8(5-11)6-11/h8-9,14H,2-6H2,1H3. The molecule has 0 spiro atoms. The molecule has 1 atom stereocenters. The van der Waals surface area contributed by atoms with E-state index in [0.717, 1.165) is 30.9 Å². The topological polar surface area (TPSA) is 52.9 Å². The lowest BCUT2D eigenvalue weighted by molar-refractivity contribution is -0.171. The number of carbonyl (C=O) groups excluding carboxylic acids is 1. The van der Waals surface area contributed by atoms with Crippen LogP contribution in [0.2, 0.25) is 0 Å². The van der Waals surface area contributed by atoms with E-state index >= 15 is 0 Å². The first-order valence-corrected chi connectivity index (χ1v) is 5.66. The van der Waals surface area contributed by atoms with Gasteiger partial charge in [-0.25, -0.2) is 5.01 Å². The highest BCUT2D eigenvalue weighted by atomic mass is 16.3. The third-order valence-electron chi connectivity index (χ3n) is 4.14. The second-order valence-electron chi connectivity index (χ2n) is 5.16. The van der Waals surface area contributed by atoms with Crippen molar-refractivity contribution in [2.45, 2.75) is 38.1 Å². The Morgan fingerprint density at radius 2 is 2.20 bits per heavy atom. The zero-order chi connectivity index (χ0) is 10.6. The van der Waals surface area contributed by atoms with E-state index in [4.69, 9.17) is 5.11 Å². The maximum Gasteiger partial charge on any atom is 0.252 e. The van der Waals surface area contributed by atoms with Crippen molar-refractivity contribution < 1.29 is 9.90 Å². The maximum atomic E-state index is 12.1. The molecule has 1 heterocycles. The Balaban J connectivity index is 1.79. The van der Waals surface area contributed by atoms with Crippen molar-refractivity contribution in [2.24, 2.45) is 16.9 Å². The van der Waals surface area contributed by atoms with Crippen LogP contribution >= 0.6 is 0 Å². The number of amides is 1. The smallest absolute Gasteiger partial charge is 0.252 e. The number of carbonyl (C=O) groups is 1. The molecular formula is C11H16N2O2. The molecule has 15 heavy (non-hydrogen) atoms. The zero-order valence-electron chi connectivity index (χ0n) is 8.94. The number of hydrazone groups is 1. The van der Waals surface area contributed by atoms with Crippen molar-refractivity contribution in [1.82, 2.24) is 5.01 Å². The number of hydrogen-bond acceptors (Lipinski definition) is 3. The van der Waals surface area contributed by atoms with Gasteiger partial charge in [0, 0.05) is 12.3 Å². The summed E-state index contributed by atoms with van der Waals surface area (Å²) in [4.78, 5) is 12.1. The first-order chi connectivity index (χ1) is 7.16. The molecule has 4 rings (SSSR count). The van der Waals surface area contributed by atoms with Gasteiger partial charge in [0.1, 0.15) is 0 Å². The van der Waals surface area contributed by atoms with E-state index in [-0.39, 0.29) is 24.0 Å². The van der Waals surface area contributed by atoms with Gasteiger partial charge in [-0.3, -0.25) is 4.79 Å². The minimum Gasteiger partial charge on any atom is -0.396 e. The third kappa shape index (κ3) is 1.06. The quantitative estimate of drug-likeness (QED) is 0.744. The molecule has 2 bridgehead atoms. The van der Waals surface area contributed by atoms with E-state index in [1.807, 2.05) is 6.92 Å². The fraction of sp³-hybridized carbons (Fsp3) is 0.818. The Bertz CT molecular complexity index is 333. The molecule has 4 aliphatic rings. The summed E-state index contributed by atoms with van der Waals surface area (Å²) < 4.78 is 0. The van der Waals surface area contributed by atoms with Crippen LogP contribution < -0.4 is 0 Å². The van der Waals surface area contributed by atoms with Crippen molar-refractivity contribution >= 4 is 11.6 Å². The Labute approximate surface area is 89.0 Å². The number of hydrogen-bond donors (Lipinski definition) is 1. The van der Waals surface area contributed by atoms with E-state index in [9.17, 15) is 4.79 Å². The van der Waals surface area contributed by atoms with Crippen LogP contribution in [0.25, 0.3) is 0 Å². The summed E-state index contributed by atoms with van der Waals surface area (Å²) in [6, 6.07) is 0. The largest absolute Gasteiger partial charge is 0.396 e. The van der Waals surface area contributed by atoms with Crippen LogP contribution in [0, 0.1) is 11.8 Å². The predicted molar refractivity (Wildman–Crippen MR) is 55.2 cm³/mol. The SMILES string of the molecule is CC1=NN(C23CC(C2)C3)C(=O)C1CCO. The van der Waals surface area contributed by atoms with Gasteiger partial charge in [-0.2, -0.15) is 5.10 Å². The van der Waals surface area contributed by atoms with Gasteiger partial charge in [0.2, 0.25) is 0 Å². The van der Waals surface area contributed by atoms with E-state index in [2.05, 4.69) is 5.10 Å². The van der Waals surface area contributed by atoms with Crippen LogP contribution in [0.1, 0.15) is 32.6 Å². The van der Waals surface area contributed by atoms with Gasteiger partial charge >= 0.3 is 0 Å². The molecule has 1 amide bonds. The molecule has 1 aliphatic heterocycles. The van der Waals surface area contributed by atoms with Gasteiger partial charge in [-0.05, 0) is 38.5 Å². The van der Waals surface area contributed by atoms with Gasteiger partial charge in [0.05, 0.1) is 11.5 Å². The first-order valence-electron chi connectivity index (χ1n) is 5.66. The minimum absolute atomic E-state index is 0.0622. The molecule has 3 saturated carbocycles. The van der Waals surface area contributed by atoms with Crippen LogP contribution in [0.15, 0.2) is 5.10 Å². The second kappa shape index (κ2) is 2.82. The Hall–Kier alpha value is -0.900. The lowest BCUT2D eigenvalue weighted by Crippen LogP contribution is -2.67. The van der Waals surface area contributed by atoms with Crippen LogP contribution in [-0.4, -0.2) is 33.9 Å². The summed E-state index contributed by atoms with van der Waals surface area (Å²) in [6.45, 7) is 1.95. The normalized spacial score (nSPS) is 42.4. The monoisotopic (exact) mass is 208 g/mol. The Morgan fingerprint density at radius 1 is 1.53 bits per heavy atom. The minimum atomic E-state index is -0.163. The van der Waals surface area contributed by atoms with E-state index < -0.39 is 0 Å². The molecule has 0 aromatic heterocycles. The van der Waals surface area contributed by atoms with Crippen molar-refractivity contribution in [3.05, 3.63) is 0 Å². The molecule has 0 aromatic rings. The maximum absolute atomic E-state index is 12.1. The van der Waals surface area contributed by atoms with E-state index in [1.54, 1.807) is 5.01 Å². The van der Waals surface area contributed by atoms with Crippen molar-refractivity contribution in [1.29, 1.82) is 0 Å². The average Bonchev–Trinajstić information content (AvgIpc) is 2.28. The Morgan fingerprint density at radius 3 is 2.67 bits per heavy atom. The van der Waals surface area contributed by atoms with E-state index in [1.165, 1.54) is 0 Å². The van der Waals surface area contributed by atoms with Crippen LogP contribution in [0.4, 0.5) is 0 Å². The summed E-state index contributed by atoms with van der Waals surface area (Å²) >= 11 is 0. The molecule has 1 N–H and O–H groups in total. The highest BCUT2D eigenvalue weighted by molar-refractivity contribution is 6.07. The average molecular weight is 208 g/mol. The molecular weight excluding hydrogens is 192 g/mol. The van der Waals surface area contributed by atoms with Crippen molar-refractivity contribution in [3.8, 4) is 0 Å². The number of nitrogens with zero attached hydrogens (tertiary/aromatic N) is 2. The van der Waals surface area contributed by atoms with Crippen molar-refractivity contribution in [3.63, 3.8) is 0 Å². The van der Waals surface area contributed by atoms with Gasteiger partial charge in [0.25, 0.3) is 5.91 Å². The Kier molecular flexibility index (Phi) is 1.75. The third-order valence-corrected chi connectivity index (χ3v) is 4.14. The van der Waals surface area contributed by atoms with Crippen molar-refractivity contribution in [2.75, 3.05) is 6.61 Å². The summed E-state index contributed by atoms with van der Waals surface area (Å²) in [6.07, 6.45) is 3.94. The molecule has 0 saturated heterocycles. The summed E-state index contributed by atoms with van der Waals surface area (Å²) in [7, 11) is 0. The van der Waals surface area contributed by atoms with Gasteiger partial charge in [-0.1, -0.05) is 0 Å². The molecule has 1 unspecified atom stereocenters. The fourth-order valence-electron chi connectivity index (χ4n) is 3.10. The van der Waals surface area contributed by atoms with E-state index in [0.29, 0.717) is 6.42 Å². The second-order valence-corrected chi connectivity index (χ2v) is 5.16. The number of rotatable bonds is 3. The predicted octanol–water partition coefficient (Wildman–Crippen LogP) is 0.756. The first kappa shape index (κ1) is 9.33. The molecule has 3 aliphatic carbocycles. The van der Waals surface area contributed by atoms with Gasteiger partial charge < -0.3 is 5.11 Å². The molecule has 82 valence electrons. The summed E-state index contributed by atoms with van der Waals surface area (Å²) in [5, 5.41) is 15.0. The molecule has 4 nitrogen and oxygen atoms in total. The number of aliphatic hydroxyl groups excluding tert-OH is 1. The van der Waals surface area contributed by atoms with Crippen LogP contribution in [0.5, 0.6) is 0 Å². The van der Waals surface area contributed by atoms with Crippen LogP contribution in [0.3, 0.4) is 0 Å². The molecule has 0 radical (unpaired) electrons. The summed E-state index contributed by atoms with van der Waals surface area (Å²) in [5.74, 6) is 0.800. The molecule has 4 heteroatoms. The summed E-state index contributed by atoms with van der Waals surface area (Å²) in [5.41, 5.74) is 0.964. The van der Waals surface area contributed by atoms with Crippen LogP contribution in [-0.2, 0) is 4.79 Å². The van der Waals surface area contributed by atoms with Gasteiger partial charge in [-0.15, -0.1) is 0 Å². The molecule has 0 aromatic carbocycles. The highest BCUT2D eigenvalue weighted by Crippen LogP contribution is 2.61. The number of aliphatic hydroxyl groups is 1. The lowest BCUT2D eigenvalue weighted by atomic mass is 9.49. The zero-order valence-corrected chi connectivity index (χ0v) is 8.94. The fourth-order valence-corrected chi connectivity index (χ4v) is 3.10. The lowest BCUT2D eigenvalue weighted by Gasteiger charge is -2.63.